The van der Waals surface area contributed by atoms with E-state index in [1.807, 2.05) is 7.05 Å². The molecule has 1 amide bonds. The highest BCUT2D eigenvalue weighted by Gasteiger charge is 2.27. The van der Waals surface area contributed by atoms with E-state index in [1.165, 1.54) is 40.7 Å². The minimum absolute atomic E-state index is 0.0857. The molecule has 166 valence electrons. The topological polar surface area (TPSA) is 122 Å². The number of nitro groups is 1. The number of nitrogens with one attached hydrogen (secondary N) is 1. The van der Waals surface area contributed by atoms with Gasteiger partial charge in [-0.3, -0.25) is 14.9 Å². The predicted molar refractivity (Wildman–Crippen MR) is 115 cm³/mol. The third-order valence-corrected chi connectivity index (χ3v) is 6.84. The van der Waals surface area contributed by atoms with Crippen molar-refractivity contribution in [3.05, 3.63) is 58.1 Å². The molecule has 1 heterocycles. The fourth-order valence-corrected chi connectivity index (χ4v) is 4.59. The number of carbonyl (C=O) groups is 1. The smallest absolute Gasteiger partial charge is 0.311 e. The Morgan fingerprint density at radius 3 is 2.35 bits per heavy atom. The van der Waals surface area contributed by atoms with E-state index < -0.39 is 20.9 Å². The van der Waals surface area contributed by atoms with Crippen LogP contribution in [-0.4, -0.2) is 68.3 Å². The molecule has 1 aliphatic rings. The van der Waals surface area contributed by atoms with Gasteiger partial charge < -0.3 is 15.0 Å². The van der Waals surface area contributed by atoms with Crippen molar-refractivity contribution in [2.45, 2.75) is 11.8 Å². The molecule has 31 heavy (non-hydrogen) atoms. The van der Waals surface area contributed by atoms with Crippen LogP contribution in [0.3, 0.4) is 0 Å². The van der Waals surface area contributed by atoms with Crippen molar-refractivity contribution in [2.75, 3.05) is 45.2 Å². The van der Waals surface area contributed by atoms with Gasteiger partial charge in [0.2, 0.25) is 10.0 Å². The third kappa shape index (κ3) is 5.19. The number of nitrogens with zero attached hydrogens (tertiary/aromatic N) is 3. The van der Waals surface area contributed by atoms with E-state index in [9.17, 15) is 23.3 Å². The molecule has 0 radical (unpaired) electrons. The van der Waals surface area contributed by atoms with Gasteiger partial charge in [0.25, 0.3) is 5.91 Å². The molecule has 0 atom stereocenters. The van der Waals surface area contributed by atoms with Crippen LogP contribution in [0.2, 0.25) is 0 Å². The first-order chi connectivity index (χ1) is 14.7. The second kappa shape index (κ2) is 9.41. The first-order valence-electron chi connectivity index (χ1n) is 9.73. The number of anilines is 1. The molecule has 1 N–H and O–H groups in total. The summed E-state index contributed by atoms with van der Waals surface area (Å²) in [7, 11) is -1.66. The monoisotopic (exact) mass is 448 g/mol. The Bertz CT molecular complexity index is 1060. The van der Waals surface area contributed by atoms with Crippen molar-refractivity contribution >= 4 is 27.3 Å². The number of carbonyl (C=O) groups excluding carboxylic acids is 1. The van der Waals surface area contributed by atoms with Crippen LogP contribution in [-0.2, 0) is 10.0 Å². The minimum atomic E-state index is -3.60. The summed E-state index contributed by atoms with van der Waals surface area (Å²) in [5.41, 5.74) is 0.159. The zero-order chi connectivity index (χ0) is 22.6. The molecule has 2 aromatic carbocycles. The van der Waals surface area contributed by atoms with Crippen molar-refractivity contribution in [3.8, 4) is 5.75 Å². The molecule has 1 aliphatic heterocycles. The number of rotatable bonds is 7. The third-order valence-electron chi connectivity index (χ3n) is 4.93. The molecule has 0 bridgehead atoms. The Morgan fingerprint density at radius 2 is 1.77 bits per heavy atom. The van der Waals surface area contributed by atoms with Crippen molar-refractivity contribution in [2.24, 2.45) is 0 Å². The first-order valence-corrected chi connectivity index (χ1v) is 11.2. The van der Waals surface area contributed by atoms with Gasteiger partial charge in [0, 0.05) is 43.5 Å². The zero-order valence-corrected chi connectivity index (χ0v) is 18.1. The van der Waals surface area contributed by atoms with Gasteiger partial charge in [-0.05, 0) is 50.4 Å². The van der Waals surface area contributed by atoms with E-state index in [4.69, 9.17) is 4.74 Å². The molecule has 2 aromatic rings. The Kier molecular flexibility index (Phi) is 6.88. The van der Waals surface area contributed by atoms with Gasteiger partial charge in [-0.1, -0.05) is 0 Å². The van der Waals surface area contributed by atoms with Crippen LogP contribution in [0.25, 0.3) is 0 Å². The second-order valence-corrected chi connectivity index (χ2v) is 9.00. The number of nitro benzene ring substituents is 1. The quantitative estimate of drug-likeness (QED) is 0.509. The molecule has 1 saturated heterocycles. The molecule has 11 heteroatoms. The van der Waals surface area contributed by atoms with E-state index in [0.29, 0.717) is 31.9 Å². The molecule has 0 saturated carbocycles. The lowest BCUT2D eigenvalue weighted by Crippen LogP contribution is -2.46. The van der Waals surface area contributed by atoms with Crippen LogP contribution >= 0.6 is 0 Å². The Hall–Kier alpha value is -3.02. The average Bonchev–Trinajstić information content (AvgIpc) is 2.74. The molecule has 0 unspecified atom stereocenters. The van der Waals surface area contributed by atoms with Gasteiger partial charge in [-0.25, -0.2) is 8.42 Å². The van der Waals surface area contributed by atoms with Crippen LogP contribution in [0.15, 0.2) is 47.4 Å². The summed E-state index contributed by atoms with van der Waals surface area (Å²) in [6, 6.07) is 9.80. The van der Waals surface area contributed by atoms with E-state index in [0.717, 1.165) is 6.07 Å². The van der Waals surface area contributed by atoms with E-state index in [1.54, 1.807) is 6.92 Å². The normalized spacial score (nSPS) is 15.4. The van der Waals surface area contributed by atoms with Gasteiger partial charge in [0.15, 0.2) is 5.75 Å². The summed E-state index contributed by atoms with van der Waals surface area (Å²) in [5, 5.41) is 13.9. The van der Waals surface area contributed by atoms with Crippen LogP contribution in [0.4, 0.5) is 11.4 Å². The summed E-state index contributed by atoms with van der Waals surface area (Å²) >= 11 is 0. The summed E-state index contributed by atoms with van der Waals surface area (Å²) in [6.07, 6.45) is 0. The van der Waals surface area contributed by atoms with Gasteiger partial charge in [0.1, 0.15) is 0 Å². The number of ether oxygens (including phenoxy) is 1. The molecule has 10 nitrogen and oxygen atoms in total. The maximum absolute atomic E-state index is 12.8. The first kappa shape index (κ1) is 22.7. The van der Waals surface area contributed by atoms with E-state index >= 15 is 0 Å². The largest absolute Gasteiger partial charge is 0.487 e. The van der Waals surface area contributed by atoms with Gasteiger partial charge in [-0.2, -0.15) is 4.31 Å². The minimum Gasteiger partial charge on any atom is -0.487 e. The van der Waals surface area contributed by atoms with Crippen molar-refractivity contribution in [3.63, 3.8) is 0 Å². The van der Waals surface area contributed by atoms with Crippen molar-refractivity contribution < 1.29 is 22.9 Å². The summed E-state index contributed by atoms with van der Waals surface area (Å²) in [4.78, 5) is 25.4. The molecular weight excluding hydrogens is 424 g/mol. The number of benzene rings is 2. The average molecular weight is 449 g/mol. The van der Waals surface area contributed by atoms with Crippen molar-refractivity contribution in [1.29, 1.82) is 0 Å². The van der Waals surface area contributed by atoms with Gasteiger partial charge in [-0.15, -0.1) is 0 Å². The van der Waals surface area contributed by atoms with Crippen molar-refractivity contribution in [1.82, 2.24) is 9.21 Å². The summed E-state index contributed by atoms with van der Waals surface area (Å²) in [5.74, 6) is -0.469. The SMILES string of the molecule is CCOc1ccc(C(=O)Nc2ccc(S(=O)(=O)N3CCN(C)CC3)cc2)cc1[N+](=O)[O-]. The number of likely N-dealkylation sites (N-methyl/N-ethyl adjacent to an activating group) is 1. The molecule has 1 fully saturated rings. The Labute approximate surface area is 180 Å². The zero-order valence-electron chi connectivity index (χ0n) is 17.3. The summed E-state index contributed by atoms with van der Waals surface area (Å²) in [6.45, 7) is 4.15. The number of sulfonamides is 1. The van der Waals surface area contributed by atoms with E-state index in [-0.39, 0.29) is 28.5 Å². The van der Waals surface area contributed by atoms with E-state index in [2.05, 4.69) is 10.2 Å². The maximum atomic E-state index is 12.8. The number of piperazine rings is 1. The lowest BCUT2D eigenvalue weighted by molar-refractivity contribution is -0.385. The second-order valence-electron chi connectivity index (χ2n) is 7.06. The number of amides is 1. The highest BCUT2D eigenvalue weighted by molar-refractivity contribution is 7.89. The van der Waals surface area contributed by atoms with Crippen LogP contribution < -0.4 is 10.1 Å². The molecule has 0 aromatic heterocycles. The van der Waals surface area contributed by atoms with Crippen LogP contribution in [0, 0.1) is 10.1 Å². The number of hydrogen-bond acceptors (Lipinski definition) is 7. The maximum Gasteiger partial charge on any atom is 0.311 e. The Balaban J connectivity index is 1.73. The lowest BCUT2D eigenvalue weighted by Gasteiger charge is -2.31. The van der Waals surface area contributed by atoms with Crippen LogP contribution in [0.1, 0.15) is 17.3 Å². The van der Waals surface area contributed by atoms with Crippen LogP contribution in [0.5, 0.6) is 5.75 Å². The molecular formula is C20H24N4O6S. The molecule has 3 rings (SSSR count). The standard InChI is InChI=1S/C20H24N4O6S/c1-3-30-19-9-4-15(14-18(19)24(26)27)20(25)21-16-5-7-17(8-6-16)31(28,29)23-12-10-22(2)11-13-23/h4-9,14H,3,10-13H2,1-2H3,(H,21,25). The predicted octanol–water partition coefficient (Wildman–Crippen LogP) is 2.18. The number of hydrogen-bond donors (Lipinski definition) is 1. The van der Waals surface area contributed by atoms with Gasteiger partial charge >= 0.3 is 5.69 Å². The summed E-state index contributed by atoms with van der Waals surface area (Å²) < 4.78 is 32.2. The fraction of sp³-hybridized carbons (Fsp3) is 0.350. The lowest BCUT2D eigenvalue weighted by atomic mass is 10.1. The highest BCUT2D eigenvalue weighted by Crippen LogP contribution is 2.28. The highest BCUT2D eigenvalue weighted by atomic mass is 32.2. The van der Waals surface area contributed by atoms with Gasteiger partial charge in [0.05, 0.1) is 16.4 Å². The Morgan fingerprint density at radius 1 is 1.13 bits per heavy atom. The fourth-order valence-electron chi connectivity index (χ4n) is 3.17. The molecule has 0 spiro atoms. The molecule has 0 aliphatic carbocycles.